The highest BCUT2D eigenvalue weighted by Crippen LogP contribution is 2.25. The Balaban J connectivity index is 2.03. The molecule has 96 valence electrons. The molecule has 3 N–H and O–H groups in total. The predicted octanol–water partition coefficient (Wildman–Crippen LogP) is 1.12. The Morgan fingerprint density at radius 3 is 3.06 bits per heavy atom. The van der Waals surface area contributed by atoms with Gasteiger partial charge in [0, 0.05) is 25.8 Å². The third-order valence-corrected chi connectivity index (χ3v) is 3.56. The number of piperidine rings is 1. The Labute approximate surface area is 106 Å². The van der Waals surface area contributed by atoms with Crippen LogP contribution in [0.3, 0.4) is 0 Å². The largest absolute Gasteiger partial charge is 0.399 e. The summed E-state index contributed by atoms with van der Waals surface area (Å²) in [7, 11) is 2.00. The van der Waals surface area contributed by atoms with Gasteiger partial charge in [0.25, 0.3) is 0 Å². The fourth-order valence-electron chi connectivity index (χ4n) is 2.62. The van der Waals surface area contributed by atoms with Gasteiger partial charge >= 0.3 is 0 Å². The summed E-state index contributed by atoms with van der Waals surface area (Å²) in [4.78, 5) is 6.77. The second-order valence-electron chi connectivity index (χ2n) is 4.96. The number of β-amino-alcohol motifs (C(OH)–C–C–N with tert-alkyl or cyclic N) is 1. The van der Waals surface area contributed by atoms with Crippen LogP contribution in [0.2, 0.25) is 0 Å². The zero-order chi connectivity index (χ0) is 12.7. The van der Waals surface area contributed by atoms with E-state index in [1.807, 2.05) is 25.2 Å². The number of fused-ring (bicyclic) bond motifs is 1. The van der Waals surface area contributed by atoms with E-state index in [0.29, 0.717) is 6.54 Å². The third-order valence-electron chi connectivity index (χ3n) is 3.56. The topological polar surface area (TPSA) is 67.3 Å². The van der Waals surface area contributed by atoms with E-state index in [-0.39, 0.29) is 6.10 Å². The summed E-state index contributed by atoms with van der Waals surface area (Å²) in [6, 6.07) is 5.76. The maximum absolute atomic E-state index is 9.75. The molecule has 1 atom stereocenters. The third kappa shape index (κ3) is 1.80. The first kappa shape index (κ1) is 11.3. The first-order chi connectivity index (χ1) is 8.65. The number of nitrogens with two attached hydrogens (primary N) is 1. The van der Waals surface area contributed by atoms with Crippen molar-refractivity contribution in [2.24, 2.45) is 7.05 Å². The number of rotatable bonds is 1. The molecule has 5 heteroatoms. The predicted molar refractivity (Wildman–Crippen MR) is 72.6 cm³/mol. The van der Waals surface area contributed by atoms with Crippen LogP contribution in [0.1, 0.15) is 12.8 Å². The fourth-order valence-corrected chi connectivity index (χ4v) is 2.62. The molecule has 0 aliphatic carbocycles. The van der Waals surface area contributed by atoms with Gasteiger partial charge in [-0.15, -0.1) is 0 Å². The Bertz CT molecular complexity index is 578. The van der Waals surface area contributed by atoms with Crippen LogP contribution < -0.4 is 10.6 Å². The maximum Gasteiger partial charge on any atom is 0.206 e. The van der Waals surface area contributed by atoms with Crippen molar-refractivity contribution in [2.75, 3.05) is 23.7 Å². The molecular weight excluding hydrogens is 228 g/mol. The smallest absolute Gasteiger partial charge is 0.206 e. The van der Waals surface area contributed by atoms with Crippen molar-refractivity contribution in [3.63, 3.8) is 0 Å². The first-order valence-corrected chi connectivity index (χ1v) is 6.30. The average molecular weight is 246 g/mol. The molecule has 1 aliphatic rings. The lowest BCUT2D eigenvalue weighted by atomic mass is 10.1. The van der Waals surface area contributed by atoms with E-state index in [4.69, 9.17) is 5.73 Å². The highest BCUT2D eigenvalue weighted by molar-refractivity contribution is 5.81. The van der Waals surface area contributed by atoms with Gasteiger partial charge in [0.15, 0.2) is 0 Å². The monoisotopic (exact) mass is 246 g/mol. The number of anilines is 2. The zero-order valence-electron chi connectivity index (χ0n) is 10.5. The van der Waals surface area contributed by atoms with Crippen LogP contribution in [0.15, 0.2) is 18.2 Å². The second-order valence-corrected chi connectivity index (χ2v) is 4.96. The summed E-state index contributed by atoms with van der Waals surface area (Å²) in [6.45, 7) is 1.61. The number of aryl methyl sites for hydroxylation is 1. The molecule has 0 amide bonds. The first-order valence-electron chi connectivity index (χ1n) is 6.30. The summed E-state index contributed by atoms with van der Waals surface area (Å²) in [5.41, 5.74) is 8.49. The van der Waals surface area contributed by atoms with Gasteiger partial charge in [-0.25, -0.2) is 4.98 Å². The molecule has 2 heterocycles. The molecule has 0 radical (unpaired) electrons. The summed E-state index contributed by atoms with van der Waals surface area (Å²) in [5.74, 6) is 0.911. The molecule has 0 spiro atoms. The van der Waals surface area contributed by atoms with Gasteiger partial charge in [-0.1, -0.05) is 0 Å². The highest BCUT2D eigenvalue weighted by atomic mass is 16.3. The van der Waals surface area contributed by atoms with Crippen molar-refractivity contribution in [3.05, 3.63) is 18.2 Å². The van der Waals surface area contributed by atoms with Gasteiger partial charge in [0.2, 0.25) is 5.95 Å². The Kier molecular flexibility index (Phi) is 2.63. The Morgan fingerprint density at radius 2 is 2.28 bits per heavy atom. The van der Waals surface area contributed by atoms with Crippen molar-refractivity contribution < 1.29 is 5.11 Å². The van der Waals surface area contributed by atoms with Gasteiger partial charge in [0.05, 0.1) is 17.1 Å². The molecule has 0 saturated carbocycles. The summed E-state index contributed by atoms with van der Waals surface area (Å²) >= 11 is 0. The van der Waals surface area contributed by atoms with Gasteiger partial charge in [-0.05, 0) is 31.0 Å². The number of nitrogen functional groups attached to an aromatic ring is 1. The minimum Gasteiger partial charge on any atom is -0.399 e. The molecule has 1 fully saturated rings. The summed E-state index contributed by atoms with van der Waals surface area (Å²) in [5, 5.41) is 9.75. The van der Waals surface area contributed by atoms with Crippen molar-refractivity contribution in [3.8, 4) is 0 Å². The quantitative estimate of drug-likeness (QED) is 0.740. The molecule has 3 rings (SSSR count). The number of aliphatic hydroxyl groups is 1. The lowest BCUT2D eigenvalue weighted by Crippen LogP contribution is -2.39. The van der Waals surface area contributed by atoms with Gasteiger partial charge in [0.1, 0.15) is 0 Å². The molecule has 1 aliphatic heterocycles. The minimum atomic E-state index is -0.247. The lowest BCUT2D eigenvalue weighted by molar-refractivity contribution is 0.153. The van der Waals surface area contributed by atoms with Gasteiger partial charge in [-0.2, -0.15) is 0 Å². The Hall–Kier alpha value is -1.75. The van der Waals surface area contributed by atoms with E-state index < -0.39 is 0 Å². The van der Waals surface area contributed by atoms with Crippen LogP contribution in [0.4, 0.5) is 11.6 Å². The molecule has 5 nitrogen and oxygen atoms in total. The second kappa shape index (κ2) is 4.17. The maximum atomic E-state index is 9.75. The zero-order valence-corrected chi connectivity index (χ0v) is 10.5. The Morgan fingerprint density at radius 1 is 1.44 bits per heavy atom. The number of aromatic nitrogens is 2. The molecule has 1 saturated heterocycles. The number of aliphatic hydroxyl groups excluding tert-OH is 1. The van der Waals surface area contributed by atoms with E-state index >= 15 is 0 Å². The number of nitrogens with zero attached hydrogens (tertiary/aromatic N) is 3. The molecular formula is C13H18N4O. The standard InChI is InChI=1S/C13H18N4O/c1-16-12-5-4-9(14)7-11(12)15-13(16)17-6-2-3-10(18)8-17/h4-5,7,10,18H,2-3,6,8,14H2,1H3. The number of benzene rings is 1. The molecule has 2 aromatic rings. The number of hydrogen-bond donors (Lipinski definition) is 2. The molecule has 1 aromatic heterocycles. The van der Waals surface area contributed by atoms with Crippen LogP contribution in [-0.2, 0) is 7.05 Å². The highest BCUT2D eigenvalue weighted by Gasteiger charge is 2.21. The summed E-state index contributed by atoms with van der Waals surface area (Å²) in [6.07, 6.45) is 1.64. The van der Waals surface area contributed by atoms with Crippen LogP contribution in [0.25, 0.3) is 11.0 Å². The molecule has 0 bridgehead atoms. The van der Waals surface area contributed by atoms with Crippen LogP contribution in [-0.4, -0.2) is 33.9 Å². The van der Waals surface area contributed by atoms with Crippen molar-refractivity contribution in [1.29, 1.82) is 0 Å². The van der Waals surface area contributed by atoms with Crippen LogP contribution >= 0.6 is 0 Å². The van der Waals surface area contributed by atoms with Crippen LogP contribution in [0.5, 0.6) is 0 Å². The summed E-state index contributed by atoms with van der Waals surface area (Å²) < 4.78 is 2.06. The van der Waals surface area contributed by atoms with E-state index in [2.05, 4.69) is 14.5 Å². The lowest BCUT2D eigenvalue weighted by Gasteiger charge is -2.30. The average Bonchev–Trinajstić information content (AvgIpc) is 2.66. The normalized spacial score (nSPS) is 20.6. The molecule has 18 heavy (non-hydrogen) atoms. The number of hydrogen-bond acceptors (Lipinski definition) is 4. The van der Waals surface area contributed by atoms with Gasteiger partial charge in [-0.3, -0.25) is 0 Å². The van der Waals surface area contributed by atoms with E-state index in [1.165, 1.54) is 0 Å². The van der Waals surface area contributed by atoms with Crippen molar-refractivity contribution >= 4 is 22.7 Å². The van der Waals surface area contributed by atoms with E-state index in [0.717, 1.165) is 42.1 Å². The van der Waals surface area contributed by atoms with Crippen LogP contribution in [0, 0.1) is 0 Å². The SMILES string of the molecule is Cn1c(N2CCCC(O)C2)nc2cc(N)ccc21. The van der Waals surface area contributed by atoms with E-state index in [1.54, 1.807) is 0 Å². The fraction of sp³-hybridized carbons (Fsp3) is 0.462. The molecule has 1 aromatic carbocycles. The van der Waals surface area contributed by atoms with Gasteiger partial charge < -0.3 is 20.3 Å². The van der Waals surface area contributed by atoms with E-state index in [9.17, 15) is 5.11 Å². The number of imidazole rings is 1. The molecule has 1 unspecified atom stereocenters. The van der Waals surface area contributed by atoms with Crippen molar-refractivity contribution in [2.45, 2.75) is 18.9 Å². The van der Waals surface area contributed by atoms with Crippen molar-refractivity contribution in [1.82, 2.24) is 9.55 Å². The minimum absolute atomic E-state index is 0.247.